The van der Waals surface area contributed by atoms with Crippen LogP contribution in [0.5, 0.6) is 17.4 Å². The largest absolute Gasteiger partial charge is 0.494 e. The Labute approximate surface area is 448 Å². The summed E-state index contributed by atoms with van der Waals surface area (Å²) in [6.45, 7) is 12.4. The minimum atomic E-state index is -0.432. The molecule has 0 atom stereocenters. The van der Waals surface area contributed by atoms with E-state index >= 15 is 0 Å². The Hall–Kier alpha value is -8.86. The number of hydrogen-bond donors (Lipinski definition) is 4. The fourth-order valence-electron chi connectivity index (χ4n) is 7.65. The van der Waals surface area contributed by atoms with Crippen LogP contribution in [0, 0.1) is 0 Å². The summed E-state index contributed by atoms with van der Waals surface area (Å²) in [6.07, 6.45) is 13.2. The van der Waals surface area contributed by atoms with E-state index in [1.54, 1.807) is 48.5 Å². The smallest absolute Gasteiger partial charge is 0.338 e. The van der Waals surface area contributed by atoms with Crippen LogP contribution in [0.1, 0.15) is 97.8 Å². The number of hydrogen-bond acceptors (Lipinski definition) is 17. The predicted octanol–water partition coefficient (Wildman–Crippen LogP) is 12.6. The van der Waals surface area contributed by atoms with E-state index in [0.29, 0.717) is 86.5 Å². The maximum absolute atomic E-state index is 12.7. The zero-order chi connectivity index (χ0) is 54.5. The Morgan fingerprint density at radius 1 is 0.390 bits per heavy atom. The number of rotatable bonds is 35. The maximum Gasteiger partial charge on any atom is 0.338 e. The van der Waals surface area contributed by atoms with Gasteiger partial charge in [0.15, 0.2) is 0 Å². The number of fused-ring (bicyclic) bond motifs is 3. The van der Waals surface area contributed by atoms with E-state index in [0.717, 1.165) is 121 Å². The van der Waals surface area contributed by atoms with Crippen LogP contribution in [0.15, 0.2) is 147 Å². The quantitative estimate of drug-likeness (QED) is 0.00728. The number of nitrogens with one attached hydrogen (secondary N) is 4. The van der Waals surface area contributed by atoms with Crippen LogP contribution < -0.4 is 31.2 Å². The molecule has 0 bridgehead atoms. The molecule has 6 rings (SSSR count). The topological polar surface area (TPSA) is 211 Å². The van der Waals surface area contributed by atoms with Crippen LogP contribution in [-0.2, 0) is 38.1 Å². The number of pyridine rings is 1. The normalized spacial score (nSPS) is 10.6. The number of anilines is 4. The SMILES string of the molecule is C=CC(=O)OCCCCCCOC(=O)c1ccc(NNc2ccc3c(c2)nc(Oc2ccc(OCCCCCCOC(=O)C=C)cc2)c2cc(NNc4ccc(C(=O)OCCCCCCOC(=O)C=C)cc4)ccc23)cc1. The maximum atomic E-state index is 12.7. The first kappa shape index (κ1) is 57.4. The van der Waals surface area contributed by atoms with Crippen LogP contribution in [0.3, 0.4) is 0 Å². The number of unbranched alkanes of at least 4 members (excludes halogenated alkanes) is 9. The molecule has 0 spiro atoms. The molecular weight excluding hydrogens is 983 g/mol. The molecule has 4 N–H and O–H groups in total. The summed E-state index contributed by atoms with van der Waals surface area (Å²) >= 11 is 0. The van der Waals surface area contributed by atoms with Crippen LogP contribution in [0.25, 0.3) is 21.7 Å². The Morgan fingerprint density at radius 3 is 1.22 bits per heavy atom. The second kappa shape index (κ2) is 31.8. The summed E-state index contributed by atoms with van der Waals surface area (Å²) < 4.78 is 38.5. The van der Waals surface area contributed by atoms with Crippen molar-refractivity contribution in [2.75, 3.05) is 61.3 Å². The van der Waals surface area contributed by atoms with Gasteiger partial charge in [0.2, 0.25) is 5.88 Å². The molecule has 77 heavy (non-hydrogen) atoms. The van der Waals surface area contributed by atoms with Gasteiger partial charge in [-0.15, -0.1) is 0 Å². The average molecular weight is 1050 g/mol. The Kier molecular flexibility index (Phi) is 23.7. The standard InChI is InChI=1S/C60H67N5O12/c1-4-55(66)72-36-14-8-7-13-35-71-49-29-31-50(32-30-49)77-58-53-41-47(64-62-45-23-19-43(20-24-45)59(69)75-39-17-11-9-15-37-73-56(67)5-2)27-33-51(53)52-34-28-48(42-54(52)61-58)65-63-46-25-21-44(22-26-46)60(70)76-40-18-12-10-16-38-74-57(68)6-3/h4-6,19-34,41-42,62-65H,1-3,7-18,35-40H2. The Bertz CT molecular complexity index is 2910. The average Bonchev–Trinajstić information content (AvgIpc) is 3.46. The Morgan fingerprint density at radius 2 is 0.766 bits per heavy atom. The molecule has 0 aliphatic heterocycles. The summed E-state index contributed by atoms with van der Waals surface area (Å²) in [5.74, 6) is -0.448. The molecule has 0 saturated carbocycles. The number of benzene rings is 5. The molecule has 17 nitrogen and oxygen atoms in total. The lowest BCUT2D eigenvalue weighted by atomic mass is 10.0. The number of carbonyl (C=O) groups is 5. The third-order valence-corrected chi connectivity index (χ3v) is 11.8. The number of esters is 5. The molecule has 0 radical (unpaired) electrons. The molecule has 0 amide bonds. The van der Waals surface area contributed by atoms with Gasteiger partial charge in [-0.2, -0.15) is 0 Å². The summed E-state index contributed by atoms with van der Waals surface area (Å²) in [4.78, 5) is 64.0. The van der Waals surface area contributed by atoms with Gasteiger partial charge in [-0.05, 0) is 179 Å². The van der Waals surface area contributed by atoms with E-state index in [1.165, 1.54) is 0 Å². The lowest BCUT2D eigenvalue weighted by molar-refractivity contribution is -0.138. The van der Waals surface area contributed by atoms with Gasteiger partial charge in [-0.25, -0.2) is 29.0 Å². The second-order valence-electron chi connectivity index (χ2n) is 17.6. The summed E-state index contributed by atoms with van der Waals surface area (Å²) in [5.41, 5.74) is 17.3. The third-order valence-electron chi connectivity index (χ3n) is 11.8. The molecular formula is C60H67N5O12. The minimum Gasteiger partial charge on any atom is -0.494 e. The van der Waals surface area contributed by atoms with E-state index < -0.39 is 29.8 Å². The lowest BCUT2D eigenvalue weighted by Gasteiger charge is -2.16. The van der Waals surface area contributed by atoms with Gasteiger partial charge in [0.1, 0.15) is 11.5 Å². The fraction of sp³-hybridized carbons (Fsp3) is 0.300. The number of carbonyl (C=O) groups excluding carboxylic acids is 5. The molecule has 0 aliphatic rings. The first-order valence-corrected chi connectivity index (χ1v) is 25.9. The van der Waals surface area contributed by atoms with Gasteiger partial charge in [0.25, 0.3) is 0 Å². The summed E-state index contributed by atoms with van der Waals surface area (Å²) in [6, 6.07) is 33.1. The highest BCUT2D eigenvalue weighted by atomic mass is 16.5. The minimum absolute atomic E-state index is 0.294. The van der Waals surface area contributed by atoms with E-state index in [4.69, 9.17) is 38.1 Å². The highest BCUT2D eigenvalue weighted by Crippen LogP contribution is 2.36. The number of ether oxygens (including phenoxy) is 7. The predicted molar refractivity (Wildman–Crippen MR) is 298 cm³/mol. The highest BCUT2D eigenvalue weighted by Gasteiger charge is 2.15. The molecule has 0 aliphatic carbocycles. The Balaban J connectivity index is 1.07. The molecule has 5 aromatic carbocycles. The molecule has 1 aromatic heterocycles. The zero-order valence-corrected chi connectivity index (χ0v) is 43.3. The molecule has 0 saturated heterocycles. The lowest BCUT2D eigenvalue weighted by Crippen LogP contribution is -2.10. The van der Waals surface area contributed by atoms with Gasteiger partial charge in [-0.3, -0.25) is 0 Å². The molecule has 0 unspecified atom stereocenters. The first-order chi connectivity index (χ1) is 37.6. The summed E-state index contributed by atoms with van der Waals surface area (Å²) in [5, 5.41) is 2.55. The van der Waals surface area contributed by atoms with Crippen molar-refractivity contribution in [2.45, 2.75) is 77.0 Å². The number of nitrogens with zero attached hydrogens (tertiary/aromatic N) is 1. The van der Waals surface area contributed by atoms with E-state index in [2.05, 4.69) is 41.4 Å². The van der Waals surface area contributed by atoms with Gasteiger partial charge in [0, 0.05) is 29.0 Å². The van der Waals surface area contributed by atoms with Crippen molar-refractivity contribution in [2.24, 2.45) is 0 Å². The molecule has 6 aromatic rings. The van der Waals surface area contributed by atoms with Crippen molar-refractivity contribution in [3.63, 3.8) is 0 Å². The van der Waals surface area contributed by atoms with Crippen molar-refractivity contribution < 1.29 is 57.1 Å². The fourth-order valence-corrected chi connectivity index (χ4v) is 7.65. The van der Waals surface area contributed by atoms with Crippen molar-refractivity contribution in [3.05, 3.63) is 158 Å². The molecule has 17 heteroatoms. The van der Waals surface area contributed by atoms with Crippen LogP contribution in [0.4, 0.5) is 22.7 Å². The van der Waals surface area contributed by atoms with Crippen molar-refractivity contribution in [1.29, 1.82) is 0 Å². The second-order valence-corrected chi connectivity index (χ2v) is 17.6. The van der Waals surface area contributed by atoms with E-state index in [1.807, 2.05) is 60.7 Å². The highest BCUT2D eigenvalue weighted by molar-refractivity contribution is 6.09. The summed E-state index contributed by atoms with van der Waals surface area (Å²) in [7, 11) is 0. The van der Waals surface area contributed by atoms with Crippen LogP contribution in [-0.4, -0.2) is 74.5 Å². The van der Waals surface area contributed by atoms with Gasteiger partial charge in [-0.1, -0.05) is 31.9 Å². The van der Waals surface area contributed by atoms with Crippen LogP contribution >= 0.6 is 0 Å². The van der Waals surface area contributed by atoms with Crippen molar-refractivity contribution in [1.82, 2.24) is 4.98 Å². The van der Waals surface area contributed by atoms with E-state index in [9.17, 15) is 24.0 Å². The van der Waals surface area contributed by atoms with Crippen LogP contribution in [0.2, 0.25) is 0 Å². The van der Waals surface area contributed by atoms with Gasteiger partial charge in [0.05, 0.1) is 79.0 Å². The molecule has 0 fully saturated rings. The van der Waals surface area contributed by atoms with Crippen molar-refractivity contribution >= 4 is 74.3 Å². The first-order valence-electron chi connectivity index (χ1n) is 25.9. The van der Waals surface area contributed by atoms with Gasteiger partial charge >= 0.3 is 29.8 Å². The van der Waals surface area contributed by atoms with Gasteiger partial charge < -0.3 is 54.9 Å². The van der Waals surface area contributed by atoms with E-state index in [-0.39, 0.29) is 0 Å². The molecule has 1 heterocycles. The molecule has 404 valence electrons. The zero-order valence-electron chi connectivity index (χ0n) is 43.3. The third kappa shape index (κ3) is 19.7. The van der Waals surface area contributed by atoms with Crippen molar-refractivity contribution in [3.8, 4) is 17.4 Å². The number of aromatic nitrogens is 1. The number of hydrazine groups is 2. The monoisotopic (exact) mass is 1050 g/mol.